The maximum atomic E-state index is 11.0. The van der Waals surface area contributed by atoms with E-state index in [1.54, 1.807) is 19.2 Å². The first-order valence-electron chi connectivity index (χ1n) is 10.4. The normalized spacial score (nSPS) is 21.5. The van der Waals surface area contributed by atoms with E-state index in [4.69, 9.17) is 38.1 Å². The molecule has 1 atom stereocenters. The molecule has 0 aliphatic carbocycles. The molecule has 182 valence electrons. The van der Waals surface area contributed by atoms with E-state index >= 15 is 0 Å². The van der Waals surface area contributed by atoms with Gasteiger partial charge in [0.2, 0.25) is 0 Å². The summed E-state index contributed by atoms with van der Waals surface area (Å²) in [5.41, 5.74) is 0.584. The number of methoxy groups -OCH3 is 1. The third-order valence-corrected chi connectivity index (χ3v) is 4.15. The minimum atomic E-state index is -0.797. The first kappa shape index (κ1) is 26.5. The quantitative estimate of drug-likeness (QED) is 0.349. The van der Waals surface area contributed by atoms with Crippen molar-refractivity contribution in [2.75, 3.05) is 86.4 Å². The Kier molecular flexibility index (Phi) is 13.9. The molecule has 0 bridgehead atoms. The van der Waals surface area contributed by atoms with Gasteiger partial charge in [-0.1, -0.05) is 0 Å². The van der Waals surface area contributed by atoms with Crippen LogP contribution < -0.4 is 0 Å². The number of hydrogen-bond acceptors (Lipinski definition) is 11. The Morgan fingerprint density at radius 1 is 0.875 bits per heavy atom. The predicted molar refractivity (Wildman–Crippen MR) is 111 cm³/mol. The van der Waals surface area contributed by atoms with E-state index in [1.807, 2.05) is 0 Å². The van der Waals surface area contributed by atoms with Gasteiger partial charge in [0.05, 0.1) is 84.2 Å². The van der Waals surface area contributed by atoms with Crippen LogP contribution in [-0.4, -0.2) is 96.5 Å². The zero-order valence-corrected chi connectivity index (χ0v) is 18.3. The van der Waals surface area contributed by atoms with Gasteiger partial charge in [0.1, 0.15) is 0 Å². The van der Waals surface area contributed by atoms with Gasteiger partial charge in [-0.2, -0.15) is 0 Å². The van der Waals surface area contributed by atoms with Gasteiger partial charge in [-0.05, 0) is 17.4 Å². The van der Waals surface area contributed by atoms with Gasteiger partial charge in [0, 0.05) is 24.8 Å². The molecule has 0 N–H and O–H groups in total. The van der Waals surface area contributed by atoms with E-state index in [9.17, 15) is 10.1 Å². The number of hydrogen-bond donors (Lipinski definition) is 0. The van der Waals surface area contributed by atoms with Crippen LogP contribution in [0.15, 0.2) is 24.3 Å². The minimum absolute atomic E-state index is 0.0272. The van der Waals surface area contributed by atoms with Crippen LogP contribution in [0.5, 0.6) is 0 Å². The molecule has 0 spiro atoms. The topological polar surface area (TPSA) is 120 Å². The molecule has 1 saturated heterocycles. The third-order valence-electron chi connectivity index (χ3n) is 4.15. The van der Waals surface area contributed by atoms with Crippen LogP contribution in [-0.2, 0) is 38.1 Å². The van der Waals surface area contributed by atoms with Crippen LogP contribution >= 0.6 is 0 Å². The summed E-state index contributed by atoms with van der Waals surface area (Å²) < 4.78 is 32.9. The fraction of sp³-hybridized carbons (Fsp3) is 0.700. The molecule has 1 aromatic rings. The predicted octanol–water partition coefficient (Wildman–Crippen LogP) is 1.50. The van der Waals surface area contributed by atoms with Gasteiger partial charge >= 0.3 is 0 Å². The molecule has 12 heteroatoms. The highest BCUT2D eigenvalue weighted by Crippen LogP contribution is 2.25. The lowest BCUT2D eigenvalue weighted by molar-refractivity contribution is -0.430. The van der Waals surface area contributed by atoms with E-state index in [2.05, 4.69) is 0 Å². The Labute approximate surface area is 187 Å². The van der Waals surface area contributed by atoms with Crippen molar-refractivity contribution in [3.05, 3.63) is 39.9 Å². The van der Waals surface area contributed by atoms with E-state index < -0.39 is 11.2 Å². The second-order valence-corrected chi connectivity index (χ2v) is 6.47. The largest absolute Gasteiger partial charge is 0.382 e. The molecule has 1 aliphatic rings. The molecular weight excluding hydrogens is 428 g/mol. The molecule has 1 unspecified atom stereocenters. The Morgan fingerprint density at radius 3 is 1.94 bits per heavy atom. The SMILES string of the molecule is COCCON1OCCOCCOCCOCCOCCOC1c1ccc([N+](=O)[O-])cc1. The van der Waals surface area contributed by atoms with Crippen molar-refractivity contribution in [1.29, 1.82) is 0 Å². The molecule has 1 aromatic carbocycles. The molecule has 0 radical (unpaired) electrons. The summed E-state index contributed by atoms with van der Waals surface area (Å²) in [5.74, 6) is 0. The van der Waals surface area contributed by atoms with Crippen molar-refractivity contribution in [2.24, 2.45) is 0 Å². The average Bonchev–Trinajstić information content (AvgIpc) is 2.80. The summed E-state index contributed by atoms with van der Waals surface area (Å²) in [5, 5.41) is 12.2. The van der Waals surface area contributed by atoms with Gasteiger partial charge in [0.15, 0.2) is 6.23 Å². The number of hydroxylamine groups is 2. The van der Waals surface area contributed by atoms with Gasteiger partial charge < -0.3 is 28.4 Å². The highest BCUT2D eigenvalue weighted by Gasteiger charge is 2.24. The van der Waals surface area contributed by atoms with Crippen LogP contribution in [0.2, 0.25) is 0 Å². The first-order chi connectivity index (χ1) is 15.7. The zero-order valence-electron chi connectivity index (χ0n) is 18.3. The van der Waals surface area contributed by atoms with Crippen molar-refractivity contribution < 1.29 is 43.0 Å². The minimum Gasteiger partial charge on any atom is -0.382 e. The fourth-order valence-corrected chi connectivity index (χ4v) is 2.59. The van der Waals surface area contributed by atoms with E-state index in [0.717, 1.165) is 0 Å². The Balaban J connectivity index is 2.07. The highest BCUT2D eigenvalue weighted by atomic mass is 17.0. The summed E-state index contributed by atoms with van der Waals surface area (Å²) in [7, 11) is 1.56. The molecule has 1 aliphatic heterocycles. The third kappa shape index (κ3) is 10.7. The molecule has 2 rings (SSSR count). The van der Waals surface area contributed by atoms with E-state index in [0.29, 0.717) is 65.0 Å². The van der Waals surface area contributed by atoms with Gasteiger partial charge in [0.25, 0.3) is 5.69 Å². The van der Waals surface area contributed by atoms with Crippen molar-refractivity contribution in [1.82, 2.24) is 5.23 Å². The molecule has 12 nitrogen and oxygen atoms in total. The van der Waals surface area contributed by atoms with E-state index in [-0.39, 0.29) is 25.5 Å². The summed E-state index contributed by atoms with van der Waals surface area (Å²) in [6, 6.07) is 5.98. The van der Waals surface area contributed by atoms with Crippen LogP contribution in [0.25, 0.3) is 0 Å². The summed E-state index contributed by atoms with van der Waals surface area (Å²) in [6.45, 7) is 4.30. The first-order valence-corrected chi connectivity index (χ1v) is 10.4. The Hall–Kier alpha value is -1.74. The van der Waals surface area contributed by atoms with E-state index in [1.165, 1.54) is 17.4 Å². The zero-order chi connectivity index (χ0) is 22.9. The number of nitro benzene ring substituents is 1. The smallest absolute Gasteiger partial charge is 0.269 e. The lowest BCUT2D eigenvalue weighted by Crippen LogP contribution is -2.34. The molecule has 32 heavy (non-hydrogen) atoms. The lowest BCUT2D eigenvalue weighted by atomic mass is 10.2. The summed E-state index contributed by atoms with van der Waals surface area (Å²) in [4.78, 5) is 22.0. The number of benzene rings is 1. The van der Waals surface area contributed by atoms with Crippen LogP contribution in [0.1, 0.15) is 11.8 Å². The molecule has 0 amide bonds. The van der Waals surface area contributed by atoms with Crippen molar-refractivity contribution in [3.63, 3.8) is 0 Å². The molecule has 1 heterocycles. The van der Waals surface area contributed by atoms with Crippen molar-refractivity contribution in [3.8, 4) is 0 Å². The van der Waals surface area contributed by atoms with Gasteiger partial charge in [-0.3, -0.25) is 19.8 Å². The Morgan fingerprint density at radius 2 is 1.41 bits per heavy atom. The average molecular weight is 460 g/mol. The van der Waals surface area contributed by atoms with Gasteiger partial charge in [-0.25, -0.2) is 0 Å². The number of ether oxygens (including phenoxy) is 6. The number of rotatable bonds is 6. The molecule has 0 aromatic heterocycles. The van der Waals surface area contributed by atoms with Crippen LogP contribution in [0.4, 0.5) is 5.69 Å². The number of nitro groups is 1. The maximum absolute atomic E-state index is 11.0. The van der Waals surface area contributed by atoms with Crippen molar-refractivity contribution >= 4 is 5.69 Å². The molecule has 0 saturated carbocycles. The van der Waals surface area contributed by atoms with Crippen molar-refractivity contribution in [2.45, 2.75) is 6.23 Å². The van der Waals surface area contributed by atoms with Crippen LogP contribution in [0.3, 0.4) is 0 Å². The fourth-order valence-electron chi connectivity index (χ4n) is 2.59. The molecular formula is C20H32N2O10. The Bertz CT molecular complexity index is 619. The summed E-state index contributed by atoms with van der Waals surface area (Å²) >= 11 is 0. The second-order valence-electron chi connectivity index (χ2n) is 6.47. The highest BCUT2D eigenvalue weighted by molar-refractivity contribution is 5.33. The number of nitrogens with zero attached hydrogens (tertiary/aromatic N) is 2. The van der Waals surface area contributed by atoms with Crippen LogP contribution in [0, 0.1) is 10.1 Å². The van der Waals surface area contributed by atoms with Gasteiger partial charge in [-0.15, -0.1) is 0 Å². The summed E-state index contributed by atoms with van der Waals surface area (Å²) in [6.07, 6.45) is -0.797. The second kappa shape index (κ2) is 16.8. The number of non-ortho nitro benzene ring substituents is 1. The standard InChI is InChI=1S/C20H32N2O10/c1-25-6-16-31-22-20(18-2-4-19(5-3-18)21(23)24)30-15-13-28-11-9-26-7-8-27-10-12-29-14-17-32-22/h2-5,20H,6-17H2,1H3. The lowest BCUT2D eigenvalue weighted by Gasteiger charge is -2.29. The monoisotopic (exact) mass is 460 g/mol. The molecule has 1 fully saturated rings. The maximum Gasteiger partial charge on any atom is 0.269 e.